The highest BCUT2D eigenvalue weighted by Gasteiger charge is 2.28. The van der Waals surface area contributed by atoms with Crippen LogP contribution in [0.3, 0.4) is 0 Å². The molecule has 0 bridgehead atoms. The van der Waals surface area contributed by atoms with Crippen LogP contribution in [0.4, 0.5) is 0 Å². The Morgan fingerprint density at radius 3 is 2.58 bits per heavy atom. The molecular weight excluding hydrogens is 236 g/mol. The Labute approximate surface area is 114 Å². The average molecular weight is 256 g/mol. The Kier molecular flexibility index (Phi) is 3.61. The first-order valence-electron chi connectivity index (χ1n) is 6.49. The summed E-state index contributed by atoms with van der Waals surface area (Å²) in [5.41, 5.74) is 3.17. The molecule has 2 rings (SSSR count). The molecule has 1 unspecified atom stereocenters. The van der Waals surface area contributed by atoms with Gasteiger partial charge in [0.05, 0.1) is 7.11 Å². The fourth-order valence-electron chi connectivity index (χ4n) is 2.53. The van der Waals surface area contributed by atoms with E-state index < -0.39 is 0 Å². The first-order chi connectivity index (χ1) is 8.97. The van der Waals surface area contributed by atoms with Gasteiger partial charge in [-0.25, -0.2) is 0 Å². The van der Waals surface area contributed by atoms with Gasteiger partial charge in [0, 0.05) is 11.5 Å². The summed E-state index contributed by atoms with van der Waals surface area (Å²) in [4.78, 5) is 11.3. The van der Waals surface area contributed by atoms with Crippen LogP contribution in [0.1, 0.15) is 42.6 Å². The van der Waals surface area contributed by atoms with Crippen molar-refractivity contribution in [2.24, 2.45) is 5.41 Å². The van der Waals surface area contributed by atoms with Crippen LogP contribution in [0.2, 0.25) is 0 Å². The van der Waals surface area contributed by atoms with Gasteiger partial charge in [0.1, 0.15) is 12.0 Å². The van der Waals surface area contributed by atoms with E-state index in [9.17, 15) is 4.79 Å². The maximum Gasteiger partial charge on any atom is 0.150 e. The van der Waals surface area contributed by atoms with Crippen molar-refractivity contribution >= 4 is 6.29 Å². The van der Waals surface area contributed by atoms with Crippen LogP contribution in [0.15, 0.2) is 42.0 Å². The number of methoxy groups -OCH3 is 1. The van der Waals surface area contributed by atoms with Crippen LogP contribution in [-0.2, 0) is 0 Å². The van der Waals surface area contributed by atoms with Crippen molar-refractivity contribution in [3.05, 3.63) is 53.1 Å². The molecule has 1 aliphatic carbocycles. The van der Waals surface area contributed by atoms with E-state index in [1.807, 2.05) is 12.1 Å². The number of carbonyl (C=O) groups excluding carboxylic acids is 1. The average Bonchev–Trinajstić information content (AvgIpc) is 2.86. The van der Waals surface area contributed by atoms with E-state index in [1.54, 1.807) is 13.2 Å². The van der Waals surface area contributed by atoms with Crippen molar-refractivity contribution in [2.45, 2.75) is 26.7 Å². The van der Waals surface area contributed by atoms with Gasteiger partial charge in [-0.1, -0.05) is 50.6 Å². The van der Waals surface area contributed by atoms with E-state index in [0.717, 1.165) is 11.8 Å². The summed E-state index contributed by atoms with van der Waals surface area (Å²) < 4.78 is 5.18. The van der Waals surface area contributed by atoms with Crippen LogP contribution in [-0.4, -0.2) is 13.4 Å². The Bertz CT molecular complexity index is 545. The largest absolute Gasteiger partial charge is 0.497 e. The molecule has 0 saturated carbocycles. The maximum absolute atomic E-state index is 11.3. The molecule has 0 fully saturated rings. The van der Waals surface area contributed by atoms with Gasteiger partial charge in [-0.05, 0) is 23.1 Å². The minimum atomic E-state index is 0.0915. The van der Waals surface area contributed by atoms with Gasteiger partial charge < -0.3 is 4.74 Å². The summed E-state index contributed by atoms with van der Waals surface area (Å²) in [5.74, 6) is 0.903. The maximum atomic E-state index is 11.3. The first-order valence-corrected chi connectivity index (χ1v) is 6.49. The fraction of sp³-hybridized carbons (Fsp3) is 0.353. The predicted octanol–water partition coefficient (Wildman–Crippen LogP) is 4.13. The van der Waals surface area contributed by atoms with Gasteiger partial charge in [-0.15, -0.1) is 0 Å². The van der Waals surface area contributed by atoms with Crippen molar-refractivity contribution in [2.75, 3.05) is 7.11 Å². The molecule has 0 amide bonds. The number of carbonyl (C=O) groups is 1. The second-order valence-corrected chi connectivity index (χ2v) is 5.85. The van der Waals surface area contributed by atoms with Crippen molar-refractivity contribution in [3.63, 3.8) is 0 Å². The van der Waals surface area contributed by atoms with Crippen molar-refractivity contribution < 1.29 is 9.53 Å². The minimum absolute atomic E-state index is 0.0915. The number of hydrogen-bond donors (Lipinski definition) is 0. The summed E-state index contributed by atoms with van der Waals surface area (Å²) in [6.07, 6.45) is 7.28. The highest BCUT2D eigenvalue weighted by molar-refractivity contribution is 5.79. The third-order valence-electron chi connectivity index (χ3n) is 3.54. The molecule has 0 N–H and O–H groups in total. The molecule has 0 radical (unpaired) electrons. The minimum Gasteiger partial charge on any atom is -0.497 e. The number of hydrogen-bond acceptors (Lipinski definition) is 2. The number of allylic oxidation sites excluding steroid dienone is 4. The lowest BCUT2D eigenvalue weighted by Gasteiger charge is -2.27. The van der Waals surface area contributed by atoms with Crippen LogP contribution < -0.4 is 4.74 Å². The fourth-order valence-corrected chi connectivity index (χ4v) is 2.53. The van der Waals surface area contributed by atoms with Crippen LogP contribution >= 0.6 is 0 Å². The lowest BCUT2D eigenvalue weighted by Crippen LogP contribution is -2.15. The van der Waals surface area contributed by atoms with Gasteiger partial charge in [0.25, 0.3) is 0 Å². The third-order valence-corrected chi connectivity index (χ3v) is 3.54. The zero-order chi connectivity index (χ0) is 14.0. The molecule has 0 spiro atoms. The number of benzene rings is 1. The molecule has 0 saturated heterocycles. The van der Waals surface area contributed by atoms with Crippen molar-refractivity contribution in [1.82, 2.24) is 0 Å². The normalized spacial score (nSPS) is 18.3. The molecule has 2 nitrogen and oxygen atoms in total. The Morgan fingerprint density at radius 1 is 1.26 bits per heavy atom. The summed E-state index contributed by atoms with van der Waals surface area (Å²) in [6.45, 7) is 6.59. The zero-order valence-electron chi connectivity index (χ0n) is 11.9. The van der Waals surface area contributed by atoms with Gasteiger partial charge in [-0.3, -0.25) is 4.79 Å². The summed E-state index contributed by atoms with van der Waals surface area (Å²) in [7, 11) is 1.61. The van der Waals surface area contributed by atoms with Crippen LogP contribution in [0, 0.1) is 5.41 Å². The van der Waals surface area contributed by atoms with Gasteiger partial charge in [0.2, 0.25) is 0 Å². The van der Waals surface area contributed by atoms with Gasteiger partial charge >= 0.3 is 0 Å². The molecule has 19 heavy (non-hydrogen) atoms. The summed E-state index contributed by atoms with van der Waals surface area (Å²) in [5, 5.41) is 0. The van der Waals surface area contributed by atoms with Crippen molar-refractivity contribution in [3.8, 4) is 5.75 Å². The topological polar surface area (TPSA) is 26.3 Å². The molecule has 0 aromatic heterocycles. The van der Waals surface area contributed by atoms with E-state index in [-0.39, 0.29) is 11.3 Å². The smallest absolute Gasteiger partial charge is 0.150 e. The molecule has 1 aromatic rings. The van der Waals surface area contributed by atoms with Crippen LogP contribution in [0.25, 0.3) is 0 Å². The highest BCUT2D eigenvalue weighted by atomic mass is 16.5. The highest BCUT2D eigenvalue weighted by Crippen LogP contribution is 2.42. The molecule has 2 heteroatoms. The van der Waals surface area contributed by atoms with E-state index >= 15 is 0 Å². The van der Waals surface area contributed by atoms with Crippen molar-refractivity contribution in [1.29, 1.82) is 0 Å². The Morgan fingerprint density at radius 2 is 2.00 bits per heavy atom. The molecule has 0 heterocycles. The Balaban J connectivity index is 2.45. The zero-order valence-corrected chi connectivity index (χ0v) is 11.9. The second-order valence-electron chi connectivity index (χ2n) is 5.85. The predicted molar refractivity (Wildman–Crippen MR) is 77.8 cm³/mol. The summed E-state index contributed by atoms with van der Waals surface area (Å²) in [6, 6.07) is 5.70. The molecule has 1 aromatic carbocycles. The van der Waals surface area contributed by atoms with E-state index in [1.165, 1.54) is 5.57 Å². The molecule has 1 atom stereocenters. The quantitative estimate of drug-likeness (QED) is 0.760. The monoisotopic (exact) mass is 256 g/mol. The van der Waals surface area contributed by atoms with E-state index in [4.69, 9.17) is 4.74 Å². The standard InChI is InChI=1S/C17H20O2/c1-17(2,3)16-7-5-6-15(16)14-9-8-13(19-4)10-12(14)11-18/h5-11,15H,1-4H3. The second kappa shape index (κ2) is 5.04. The SMILES string of the molecule is COc1ccc(C2C=CC=C2C(C)(C)C)c(C=O)c1. The molecule has 0 aliphatic heterocycles. The van der Waals surface area contributed by atoms with E-state index in [0.29, 0.717) is 11.3 Å². The molecular formula is C17H20O2. The Hall–Kier alpha value is -1.83. The van der Waals surface area contributed by atoms with E-state index in [2.05, 4.69) is 39.0 Å². The summed E-state index contributed by atoms with van der Waals surface area (Å²) >= 11 is 0. The van der Waals surface area contributed by atoms with Gasteiger partial charge in [0.15, 0.2) is 0 Å². The number of rotatable bonds is 3. The lowest BCUT2D eigenvalue weighted by atomic mass is 9.77. The molecule has 100 valence electrons. The number of ether oxygens (including phenoxy) is 1. The van der Waals surface area contributed by atoms with Crippen LogP contribution in [0.5, 0.6) is 5.75 Å². The number of aldehydes is 1. The van der Waals surface area contributed by atoms with Gasteiger partial charge in [-0.2, -0.15) is 0 Å². The lowest BCUT2D eigenvalue weighted by molar-refractivity contribution is 0.112. The first kappa shape index (κ1) is 13.6. The third kappa shape index (κ3) is 2.62. The molecule has 1 aliphatic rings.